The van der Waals surface area contributed by atoms with Crippen LogP contribution in [-0.2, 0) is 0 Å². The van der Waals surface area contributed by atoms with E-state index < -0.39 is 0 Å². The van der Waals surface area contributed by atoms with E-state index in [1.54, 1.807) is 14.0 Å². The van der Waals surface area contributed by atoms with Gasteiger partial charge in [0.25, 0.3) is 0 Å². The van der Waals surface area contributed by atoms with Crippen LogP contribution in [0.2, 0.25) is 0 Å². The molecule has 0 spiro atoms. The molecule has 4 rings (SSSR count). The number of nitrogens with zero attached hydrogens (tertiary/aromatic N) is 2. The Morgan fingerprint density at radius 1 is 0.966 bits per heavy atom. The second kappa shape index (κ2) is 8.02. The lowest BCUT2D eigenvalue weighted by Gasteiger charge is -2.14. The maximum absolute atomic E-state index is 9.08. The summed E-state index contributed by atoms with van der Waals surface area (Å²) in [5.41, 5.74) is 6.01. The molecule has 1 heterocycles. The minimum absolute atomic E-state index is 0.555. The molecule has 1 aromatic heterocycles. The highest BCUT2D eigenvalue weighted by molar-refractivity contribution is 6.00. The summed E-state index contributed by atoms with van der Waals surface area (Å²) in [6.07, 6.45) is 0. The summed E-state index contributed by atoms with van der Waals surface area (Å²) >= 11 is 0. The van der Waals surface area contributed by atoms with E-state index in [9.17, 15) is 0 Å². The highest BCUT2D eigenvalue weighted by atomic mass is 16.5. The summed E-state index contributed by atoms with van der Waals surface area (Å²) in [4.78, 5) is 4.83. The zero-order valence-electron chi connectivity index (χ0n) is 16.3. The van der Waals surface area contributed by atoms with Gasteiger partial charge in [0.1, 0.15) is 5.75 Å². The van der Waals surface area contributed by atoms with E-state index in [1.165, 1.54) is 0 Å². The van der Waals surface area contributed by atoms with Gasteiger partial charge in [0.15, 0.2) is 0 Å². The average molecular weight is 383 g/mol. The van der Waals surface area contributed by atoms with Gasteiger partial charge in [-0.3, -0.25) is 0 Å². The van der Waals surface area contributed by atoms with Crippen LogP contribution in [-0.4, -0.2) is 23.0 Å². The second-order valence-electron chi connectivity index (χ2n) is 6.70. The average Bonchev–Trinajstić information content (AvgIpc) is 2.79. The van der Waals surface area contributed by atoms with E-state index in [2.05, 4.69) is 10.5 Å². The number of methoxy groups -OCH3 is 1. The van der Waals surface area contributed by atoms with Crippen LogP contribution >= 0.6 is 0 Å². The molecule has 0 saturated carbocycles. The van der Waals surface area contributed by atoms with Crippen LogP contribution < -0.4 is 10.1 Å². The fraction of sp³-hybridized carbons (Fsp3) is 0.0833. The molecular formula is C24H21N3O2. The van der Waals surface area contributed by atoms with Crippen LogP contribution in [0.1, 0.15) is 12.5 Å². The molecule has 0 radical (unpaired) electrons. The first-order valence-corrected chi connectivity index (χ1v) is 9.28. The highest BCUT2D eigenvalue weighted by Gasteiger charge is 2.10. The summed E-state index contributed by atoms with van der Waals surface area (Å²) in [5, 5.41) is 16.8. The molecular weight excluding hydrogens is 362 g/mol. The maximum atomic E-state index is 9.08. The van der Waals surface area contributed by atoms with E-state index in [0.29, 0.717) is 5.71 Å². The van der Waals surface area contributed by atoms with Crippen molar-refractivity contribution in [3.63, 3.8) is 0 Å². The van der Waals surface area contributed by atoms with Crippen molar-refractivity contribution in [3.05, 3.63) is 84.4 Å². The molecule has 0 amide bonds. The predicted octanol–water partition coefficient (Wildman–Crippen LogP) is 5.85. The number of benzene rings is 3. The minimum atomic E-state index is 0.555. The Kier molecular flexibility index (Phi) is 5.12. The van der Waals surface area contributed by atoms with Gasteiger partial charge in [0.2, 0.25) is 0 Å². The summed E-state index contributed by atoms with van der Waals surface area (Å²) < 4.78 is 5.41. The predicted molar refractivity (Wildman–Crippen MR) is 117 cm³/mol. The van der Waals surface area contributed by atoms with Gasteiger partial charge in [-0.1, -0.05) is 47.6 Å². The van der Waals surface area contributed by atoms with Crippen molar-refractivity contribution in [2.24, 2.45) is 5.16 Å². The highest BCUT2D eigenvalue weighted by Crippen LogP contribution is 2.33. The summed E-state index contributed by atoms with van der Waals surface area (Å²) in [6.45, 7) is 1.76. The molecule has 0 aliphatic rings. The van der Waals surface area contributed by atoms with Crippen LogP contribution in [0.3, 0.4) is 0 Å². The Morgan fingerprint density at radius 2 is 1.79 bits per heavy atom. The van der Waals surface area contributed by atoms with Gasteiger partial charge in [-0.2, -0.15) is 0 Å². The van der Waals surface area contributed by atoms with Crippen LogP contribution in [0.5, 0.6) is 5.75 Å². The molecule has 0 aliphatic heterocycles. The molecule has 0 atom stereocenters. The first-order chi connectivity index (χ1) is 14.2. The molecule has 144 valence electrons. The smallest absolute Gasteiger partial charge is 0.119 e. The van der Waals surface area contributed by atoms with E-state index >= 15 is 0 Å². The van der Waals surface area contributed by atoms with E-state index in [4.69, 9.17) is 14.9 Å². The van der Waals surface area contributed by atoms with Crippen molar-refractivity contribution in [1.29, 1.82) is 0 Å². The largest absolute Gasteiger partial charge is 0.497 e. The molecule has 0 fully saturated rings. The maximum Gasteiger partial charge on any atom is 0.119 e. The Bertz CT molecular complexity index is 1190. The number of oxime groups is 1. The lowest BCUT2D eigenvalue weighted by molar-refractivity contribution is 0.319. The van der Waals surface area contributed by atoms with E-state index in [0.717, 1.165) is 44.8 Å². The number of aromatic nitrogens is 1. The second-order valence-corrected chi connectivity index (χ2v) is 6.70. The molecule has 29 heavy (non-hydrogen) atoms. The molecule has 2 N–H and O–H groups in total. The fourth-order valence-electron chi connectivity index (χ4n) is 3.23. The van der Waals surface area contributed by atoms with Gasteiger partial charge in [0.05, 0.1) is 29.7 Å². The number of ether oxygens (including phenoxy) is 1. The fourth-order valence-corrected chi connectivity index (χ4v) is 3.23. The molecule has 3 aromatic carbocycles. The third-order valence-electron chi connectivity index (χ3n) is 4.79. The number of pyridine rings is 1. The van der Waals surface area contributed by atoms with Crippen molar-refractivity contribution in [2.45, 2.75) is 6.92 Å². The molecule has 0 aliphatic carbocycles. The van der Waals surface area contributed by atoms with Crippen LogP contribution in [0.25, 0.3) is 22.2 Å². The van der Waals surface area contributed by atoms with Gasteiger partial charge in [-0.15, -0.1) is 0 Å². The summed E-state index contributed by atoms with van der Waals surface area (Å²) in [6, 6.07) is 25.7. The number of rotatable bonds is 5. The third-order valence-corrected chi connectivity index (χ3v) is 4.79. The zero-order chi connectivity index (χ0) is 20.2. The molecule has 0 bridgehead atoms. The Labute approximate surface area is 169 Å². The van der Waals surface area contributed by atoms with Crippen molar-refractivity contribution in [1.82, 2.24) is 4.98 Å². The topological polar surface area (TPSA) is 66.7 Å². The Hall–Kier alpha value is -3.86. The van der Waals surface area contributed by atoms with Crippen molar-refractivity contribution < 1.29 is 9.94 Å². The van der Waals surface area contributed by atoms with Gasteiger partial charge in [-0.05, 0) is 43.3 Å². The van der Waals surface area contributed by atoms with Gasteiger partial charge < -0.3 is 15.3 Å². The van der Waals surface area contributed by atoms with E-state index in [1.807, 2.05) is 78.9 Å². The molecule has 5 heteroatoms. The number of fused-ring (bicyclic) bond motifs is 1. The first kappa shape index (κ1) is 18.5. The van der Waals surface area contributed by atoms with Gasteiger partial charge in [-0.25, -0.2) is 4.98 Å². The molecule has 0 unspecified atom stereocenters. The lowest BCUT2D eigenvalue weighted by atomic mass is 10.1. The minimum Gasteiger partial charge on any atom is -0.497 e. The molecule has 4 aromatic rings. The van der Waals surface area contributed by atoms with Crippen LogP contribution in [0.4, 0.5) is 11.4 Å². The van der Waals surface area contributed by atoms with Gasteiger partial charge in [0, 0.05) is 22.2 Å². The monoisotopic (exact) mass is 383 g/mol. The Balaban J connectivity index is 1.85. The van der Waals surface area contributed by atoms with Crippen molar-refractivity contribution >= 4 is 28.0 Å². The SMILES string of the molecule is COc1ccc2nc(-c3ccccc3)cc(Nc3cccc(/C(C)=N/O)c3)c2c1. The van der Waals surface area contributed by atoms with Crippen molar-refractivity contribution in [3.8, 4) is 17.0 Å². The lowest BCUT2D eigenvalue weighted by Crippen LogP contribution is -1.98. The summed E-state index contributed by atoms with van der Waals surface area (Å²) in [7, 11) is 1.65. The van der Waals surface area contributed by atoms with Gasteiger partial charge >= 0.3 is 0 Å². The first-order valence-electron chi connectivity index (χ1n) is 9.28. The normalized spacial score (nSPS) is 11.4. The van der Waals surface area contributed by atoms with Crippen molar-refractivity contribution in [2.75, 3.05) is 12.4 Å². The molecule has 5 nitrogen and oxygen atoms in total. The number of hydrogen-bond donors (Lipinski definition) is 2. The standard InChI is InChI=1S/C24H21N3O2/c1-16(27-28)18-9-6-10-19(13-18)25-24-15-23(17-7-4-3-5-8-17)26-22-12-11-20(29-2)14-21(22)24/h3-15,28H,1-2H3,(H,25,26)/b27-16+. The van der Waals surface area contributed by atoms with E-state index in [-0.39, 0.29) is 0 Å². The third kappa shape index (κ3) is 3.89. The number of nitrogens with one attached hydrogen (secondary N) is 1. The number of hydrogen-bond acceptors (Lipinski definition) is 5. The van der Waals surface area contributed by atoms with Crippen LogP contribution in [0.15, 0.2) is 84.0 Å². The summed E-state index contributed by atoms with van der Waals surface area (Å²) in [5.74, 6) is 0.770. The Morgan fingerprint density at radius 3 is 2.55 bits per heavy atom. The quantitative estimate of drug-likeness (QED) is 0.258. The number of anilines is 2. The van der Waals surface area contributed by atoms with Crippen LogP contribution in [0, 0.1) is 0 Å². The zero-order valence-corrected chi connectivity index (χ0v) is 16.3. The molecule has 0 saturated heterocycles.